The highest BCUT2D eigenvalue weighted by Crippen LogP contribution is 2.15. The third kappa shape index (κ3) is 58.4. The number of rotatable bonds is 34. The molecule has 0 atom stereocenters. The molecule has 0 aromatic carbocycles. The van der Waals surface area contributed by atoms with Gasteiger partial charge in [0.2, 0.25) is 0 Å². The van der Waals surface area contributed by atoms with E-state index in [1.54, 1.807) is 0 Å². The minimum atomic E-state index is -1.10. The number of aliphatic carboxylic acids is 2. The molecule has 0 amide bonds. The van der Waals surface area contributed by atoms with Gasteiger partial charge in [-0.25, -0.2) is 0 Å². The smallest absolute Gasteiger partial charge is 0.303 e. The summed E-state index contributed by atoms with van der Waals surface area (Å²) in [6, 6.07) is 0. The molecular weight excluding hydrogens is 576 g/mol. The van der Waals surface area contributed by atoms with E-state index in [1.807, 2.05) is 6.92 Å². The Bertz CT molecular complexity index is 522. The first kappa shape index (κ1) is 49.2. The van der Waals surface area contributed by atoms with Gasteiger partial charge in [0.25, 0.3) is 0 Å². The lowest BCUT2D eigenvalue weighted by Gasteiger charge is -2.03. The lowest BCUT2D eigenvalue weighted by molar-refractivity contribution is -0.138. The molecule has 0 aliphatic heterocycles. The predicted molar refractivity (Wildman–Crippen MR) is 197 cm³/mol. The summed E-state index contributed by atoms with van der Waals surface area (Å²) in [7, 11) is 0. The zero-order valence-corrected chi connectivity index (χ0v) is 31.2. The maximum atomic E-state index is 10.3. The second-order valence-electron chi connectivity index (χ2n) is 13.5. The van der Waals surface area contributed by atoms with E-state index in [1.165, 1.54) is 167 Å². The second kappa shape index (κ2) is 46.0. The zero-order valence-electron chi connectivity index (χ0n) is 31.2. The third-order valence-corrected chi connectivity index (χ3v) is 8.54. The van der Waals surface area contributed by atoms with Gasteiger partial charge in [0, 0.05) is 12.8 Å². The maximum absolute atomic E-state index is 10.3. The van der Waals surface area contributed by atoms with Crippen LogP contribution in [0.3, 0.4) is 0 Å². The summed E-state index contributed by atoms with van der Waals surface area (Å²) in [5.74, 6) is -1.31. The fraction of sp³-hybridized carbons (Fsp3) is 0.950. The fourth-order valence-corrected chi connectivity index (χ4v) is 5.55. The third-order valence-electron chi connectivity index (χ3n) is 8.54. The Morgan fingerprint density at radius 3 is 0.674 bits per heavy atom. The van der Waals surface area contributed by atoms with Crippen LogP contribution in [0.15, 0.2) is 0 Å². The molecule has 4 N–H and O–H groups in total. The molecule has 0 saturated carbocycles. The number of carboxylic acids is 2. The van der Waals surface area contributed by atoms with E-state index in [9.17, 15) is 9.59 Å². The van der Waals surface area contributed by atoms with E-state index in [0.717, 1.165) is 32.1 Å². The highest BCUT2D eigenvalue weighted by molar-refractivity contribution is 5.66. The molecule has 0 fully saturated rings. The van der Waals surface area contributed by atoms with Crippen LogP contribution in [0.1, 0.15) is 239 Å². The molecule has 0 aliphatic carbocycles. The van der Waals surface area contributed by atoms with Crippen LogP contribution in [0, 0.1) is 0 Å². The number of carboxylic acid groups (broad SMARTS) is 2. The fourth-order valence-electron chi connectivity index (χ4n) is 5.55. The molecular formula is C40H82O6. The lowest BCUT2D eigenvalue weighted by Crippen LogP contribution is -2.01. The molecule has 0 saturated heterocycles. The van der Waals surface area contributed by atoms with Crippen LogP contribution < -0.4 is 0 Å². The molecule has 46 heavy (non-hydrogen) atoms. The first-order valence-electron chi connectivity index (χ1n) is 20.1. The van der Waals surface area contributed by atoms with Crippen molar-refractivity contribution >= 4 is 11.9 Å². The number of hydrogen-bond donors (Lipinski definition) is 4. The van der Waals surface area contributed by atoms with Gasteiger partial charge in [-0.05, 0) is 19.3 Å². The molecule has 0 aromatic rings. The standard InChI is InChI=1S/2C18H36O2.C4H10O2/c2*1-2-3-4-5-6-7-8-9-10-11-12-13-14-15-16-17-18(19)20;1-2-3-4(5)6/h2*2-17H2,1H3,(H,19,20);4-6H,2-3H2,1H3. The van der Waals surface area contributed by atoms with Gasteiger partial charge in [-0.2, -0.15) is 0 Å². The summed E-state index contributed by atoms with van der Waals surface area (Å²) in [6.07, 6.45) is 40.6. The summed E-state index contributed by atoms with van der Waals surface area (Å²) in [4.78, 5) is 20.7. The van der Waals surface area contributed by atoms with Gasteiger partial charge in [-0.15, -0.1) is 0 Å². The Labute approximate surface area is 286 Å². The Morgan fingerprint density at radius 2 is 0.543 bits per heavy atom. The molecule has 0 heterocycles. The number of hydrogen-bond acceptors (Lipinski definition) is 4. The molecule has 0 spiro atoms. The number of aliphatic hydroxyl groups is 2. The van der Waals surface area contributed by atoms with E-state index in [-0.39, 0.29) is 0 Å². The Morgan fingerprint density at radius 1 is 0.348 bits per heavy atom. The van der Waals surface area contributed by atoms with Crippen LogP contribution in [0.5, 0.6) is 0 Å². The summed E-state index contributed by atoms with van der Waals surface area (Å²) in [5, 5.41) is 33.3. The topological polar surface area (TPSA) is 115 Å². The molecule has 0 bridgehead atoms. The van der Waals surface area contributed by atoms with E-state index in [4.69, 9.17) is 20.4 Å². The first-order chi connectivity index (χ1) is 22.3. The number of unbranched alkanes of at least 4 members (excludes halogenated alkanes) is 28. The molecule has 278 valence electrons. The summed E-state index contributed by atoms with van der Waals surface area (Å²) < 4.78 is 0. The van der Waals surface area contributed by atoms with Crippen LogP contribution in [-0.4, -0.2) is 38.7 Å². The molecule has 0 aliphatic rings. The van der Waals surface area contributed by atoms with Gasteiger partial charge in [-0.3, -0.25) is 9.59 Å². The van der Waals surface area contributed by atoms with Crippen molar-refractivity contribution in [1.29, 1.82) is 0 Å². The van der Waals surface area contributed by atoms with Crippen LogP contribution in [0.2, 0.25) is 0 Å². The Kier molecular flexibility index (Phi) is 49.2. The van der Waals surface area contributed by atoms with Gasteiger partial charge < -0.3 is 20.4 Å². The van der Waals surface area contributed by atoms with Crippen LogP contribution in [0.4, 0.5) is 0 Å². The van der Waals surface area contributed by atoms with E-state index in [0.29, 0.717) is 19.3 Å². The molecule has 0 radical (unpaired) electrons. The summed E-state index contributed by atoms with van der Waals surface area (Å²) in [5.41, 5.74) is 0. The summed E-state index contributed by atoms with van der Waals surface area (Å²) in [6.45, 7) is 6.44. The second-order valence-corrected chi connectivity index (χ2v) is 13.5. The van der Waals surface area contributed by atoms with Crippen molar-refractivity contribution in [3.8, 4) is 0 Å². The maximum Gasteiger partial charge on any atom is 0.303 e. The van der Waals surface area contributed by atoms with E-state index in [2.05, 4.69) is 13.8 Å². The van der Waals surface area contributed by atoms with Crippen molar-refractivity contribution in [3.05, 3.63) is 0 Å². The molecule has 6 heteroatoms. The van der Waals surface area contributed by atoms with E-state index < -0.39 is 18.2 Å². The largest absolute Gasteiger partial charge is 0.481 e. The van der Waals surface area contributed by atoms with Gasteiger partial charge in [0.15, 0.2) is 6.29 Å². The summed E-state index contributed by atoms with van der Waals surface area (Å²) >= 11 is 0. The van der Waals surface area contributed by atoms with Gasteiger partial charge >= 0.3 is 11.9 Å². The highest BCUT2D eigenvalue weighted by Gasteiger charge is 1.98. The minimum Gasteiger partial charge on any atom is -0.481 e. The number of aliphatic hydroxyl groups excluding tert-OH is 1. The van der Waals surface area contributed by atoms with Crippen molar-refractivity contribution in [2.24, 2.45) is 0 Å². The molecule has 0 aromatic heterocycles. The van der Waals surface area contributed by atoms with Gasteiger partial charge in [-0.1, -0.05) is 207 Å². The molecule has 6 nitrogen and oxygen atoms in total. The van der Waals surface area contributed by atoms with Crippen molar-refractivity contribution in [3.63, 3.8) is 0 Å². The van der Waals surface area contributed by atoms with Crippen molar-refractivity contribution in [2.45, 2.75) is 245 Å². The Hall–Kier alpha value is -1.14. The monoisotopic (exact) mass is 659 g/mol. The van der Waals surface area contributed by atoms with Crippen molar-refractivity contribution < 1.29 is 30.0 Å². The highest BCUT2D eigenvalue weighted by atomic mass is 16.5. The van der Waals surface area contributed by atoms with Crippen LogP contribution in [0.25, 0.3) is 0 Å². The SMILES string of the molecule is CCCC(O)O.CCCCCCCCCCCCCCCCCC(=O)O.CCCCCCCCCCCCCCCCCC(=O)O. The van der Waals surface area contributed by atoms with Crippen LogP contribution in [-0.2, 0) is 9.59 Å². The predicted octanol–water partition coefficient (Wildman–Crippen LogP) is 12.8. The van der Waals surface area contributed by atoms with Crippen LogP contribution >= 0.6 is 0 Å². The quantitative estimate of drug-likeness (QED) is 0.0404. The van der Waals surface area contributed by atoms with Crippen molar-refractivity contribution in [2.75, 3.05) is 0 Å². The average Bonchev–Trinajstić information content (AvgIpc) is 3.01. The van der Waals surface area contributed by atoms with Gasteiger partial charge in [0.05, 0.1) is 0 Å². The minimum absolute atomic E-state index is 0.345. The Balaban J connectivity index is -0.000000682. The zero-order chi connectivity index (χ0) is 34.8. The van der Waals surface area contributed by atoms with Crippen molar-refractivity contribution in [1.82, 2.24) is 0 Å². The number of carbonyl (C=O) groups is 2. The normalized spacial score (nSPS) is 10.7. The molecule has 0 unspecified atom stereocenters. The van der Waals surface area contributed by atoms with Gasteiger partial charge in [0.1, 0.15) is 0 Å². The van der Waals surface area contributed by atoms with E-state index >= 15 is 0 Å². The first-order valence-corrected chi connectivity index (χ1v) is 20.1. The average molecular weight is 659 g/mol. The molecule has 0 rings (SSSR count). The lowest BCUT2D eigenvalue weighted by atomic mass is 10.0.